The van der Waals surface area contributed by atoms with Crippen LogP contribution in [-0.2, 0) is 0 Å². The van der Waals surface area contributed by atoms with Crippen LogP contribution in [0.3, 0.4) is 0 Å². The zero-order chi connectivity index (χ0) is 18.7. The summed E-state index contributed by atoms with van der Waals surface area (Å²) in [6.45, 7) is 0.836. The molecule has 26 heavy (non-hydrogen) atoms. The van der Waals surface area contributed by atoms with E-state index in [4.69, 9.17) is 27.9 Å². The van der Waals surface area contributed by atoms with E-state index >= 15 is 0 Å². The van der Waals surface area contributed by atoms with Gasteiger partial charge < -0.3 is 9.64 Å². The Hall–Kier alpha value is -1.69. The third-order valence-corrected chi connectivity index (χ3v) is 5.77. The first-order valence-corrected chi connectivity index (χ1v) is 10.1. The highest BCUT2D eigenvalue weighted by Gasteiger charge is 2.32. The van der Waals surface area contributed by atoms with E-state index in [2.05, 4.69) is 0 Å². The van der Waals surface area contributed by atoms with Crippen molar-refractivity contribution in [3.05, 3.63) is 58.1 Å². The van der Waals surface area contributed by atoms with Gasteiger partial charge in [-0.25, -0.2) is 4.79 Å². The lowest BCUT2D eigenvalue weighted by molar-refractivity contribution is 0.0922. The number of carbonyl (C=O) groups excluding carboxylic acids is 2. The molecule has 0 bridgehead atoms. The van der Waals surface area contributed by atoms with Crippen molar-refractivity contribution >= 4 is 46.8 Å². The molecule has 0 aliphatic carbocycles. The summed E-state index contributed by atoms with van der Waals surface area (Å²) in [6.07, 6.45) is 2.13. The molecule has 136 valence electrons. The molecule has 1 unspecified atom stereocenters. The fourth-order valence-corrected chi connectivity index (χ4v) is 3.53. The van der Waals surface area contributed by atoms with Gasteiger partial charge in [0.15, 0.2) is 5.78 Å². The van der Waals surface area contributed by atoms with Crippen LogP contribution in [0.25, 0.3) is 0 Å². The highest BCUT2D eigenvalue weighted by molar-refractivity contribution is 7.98. The quantitative estimate of drug-likeness (QED) is 0.499. The van der Waals surface area contributed by atoms with Gasteiger partial charge in [-0.2, -0.15) is 0 Å². The van der Waals surface area contributed by atoms with Crippen molar-refractivity contribution in [1.29, 1.82) is 0 Å². The van der Waals surface area contributed by atoms with E-state index in [0.29, 0.717) is 40.9 Å². The Morgan fingerprint density at radius 2 is 1.85 bits per heavy atom. The molecule has 4 nitrogen and oxygen atoms in total. The lowest BCUT2D eigenvalue weighted by atomic mass is 9.97. The molecular formula is C19H17Cl2NO3S. The minimum Gasteiger partial charge on any atom is -0.410 e. The molecule has 1 atom stereocenters. The Morgan fingerprint density at radius 1 is 1.12 bits per heavy atom. The van der Waals surface area contributed by atoms with E-state index in [1.54, 1.807) is 28.8 Å². The van der Waals surface area contributed by atoms with E-state index in [1.165, 1.54) is 6.07 Å². The summed E-state index contributed by atoms with van der Waals surface area (Å²) >= 11 is 13.4. The minimum absolute atomic E-state index is 0.0579. The van der Waals surface area contributed by atoms with E-state index in [-0.39, 0.29) is 11.7 Å². The number of ether oxygens (including phenoxy) is 1. The number of halogens is 2. The highest BCUT2D eigenvalue weighted by Crippen LogP contribution is 2.28. The van der Waals surface area contributed by atoms with Crippen molar-refractivity contribution in [1.82, 2.24) is 4.90 Å². The number of benzene rings is 2. The summed E-state index contributed by atoms with van der Waals surface area (Å²) < 4.78 is 5.33. The summed E-state index contributed by atoms with van der Waals surface area (Å²) in [5.41, 5.74) is 0.674. The van der Waals surface area contributed by atoms with Crippen molar-refractivity contribution in [2.75, 3.05) is 19.3 Å². The van der Waals surface area contributed by atoms with Crippen molar-refractivity contribution in [3.8, 4) is 5.75 Å². The third kappa shape index (κ3) is 4.34. The fourth-order valence-electron chi connectivity index (χ4n) is 2.84. The Balaban J connectivity index is 1.60. The van der Waals surface area contributed by atoms with Gasteiger partial charge in [-0.05, 0) is 36.9 Å². The number of carbonyl (C=O) groups is 2. The second-order valence-corrected chi connectivity index (χ2v) is 7.66. The Kier molecular flexibility index (Phi) is 6.12. The molecule has 3 rings (SSSR count). The van der Waals surface area contributed by atoms with Gasteiger partial charge in [0.1, 0.15) is 5.75 Å². The first kappa shape index (κ1) is 19.1. The number of amides is 1. The lowest BCUT2D eigenvalue weighted by Crippen LogP contribution is -2.32. The topological polar surface area (TPSA) is 46.6 Å². The van der Waals surface area contributed by atoms with Crippen LogP contribution in [0.5, 0.6) is 5.75 Å². The Labute approximate surface area is 166 Å². The SMILES string of the molecule is CSc1ccc(C(=O)C2CCN(C(=O)Oc3ccc(Cl)c(Cl)c3)C2)cc1. The fraction of sp³-hybridized carbons (Fsp3) is 0.263. The predicted molar refractivity (Wildman–Crippen MR) is 105 cm³/mol. The summed E-state index contributed by atoms with van der Waals surface area (Å²) in [4.78, 5) is 27.6. The summed E-state index contributed by atoms with van der Waals surface area (Å²) in [7, 11) is 0. The molecular weight excluding hydrogens is 393 g/mol. The molecule has 0 aromatic heterocycles. The molecule has 0 spiro atoms. The summed E-state index contributed by atoms with van der Waals surface area (Å²) in [6, 6.07) is 12.2. The van der Waals surface area contributed by atoms with Crippen LogP contribution in [0.4, 0.5) is 4.79 Å². The van der Waals surface area contributed by atoms with Crippen LogP contribution in [0.2, 0.25) is 10.0 Å². The average Bonchev–Trinajstić information content (AvgIpc) is 3.14. The van der Waals surface area contributed by atoms with Crippen LogP contribution in [-0.4, -0.2) is 36.1 Å². The lowest BCUT2D eigenvalue weighted by Gasteiger charge is -2.16. The summed E-state index contributed by atoms with van der Waals surface area (Å²) in [5.74, 6) is 0.172. The molecule has 0 radical (unpaired) electrons. The normalized spacial score (nSPS) is 16.6. The number of likely N-dealkylation sites (tertiary alicyclic amines) is 1. The van der Waals surface area contributed by atoms with Gasteiger partial charge >= 0.3 is 6.09 Å². The Morgan fingerprint density at radius 3 is 2.50 bits per heavy atom. The van der Waals surface area contributed by atoms with Crippen LogP contribution >= 0.6 is 35.0 Å². The smallest absolute Gasteiger partial charge is 0.410 e. The number of thioether (sulfide) groups is 1. The maximum atomic E-state index is 12.6. The predicted octanol–water partition coefficient (Wildman–Crippen LogP) is 5.42. The molecule has 7 heteroatoms. The van der Waals surface area contributed by atoms with Crippen LogP contribution < -0.4 is 4.74 Å². The van der Waals surface area contributed by atoms with Crippen molar-refractivity contribution < 1.29 is 14.3 Å². The van der Waals surface area contributed by atoms with Gasteiger partial charge in [0.25, 0.3) is 0 Å². The van der Waals surface area contributed by atoms with Gasteiger partial charge in [0, 0.05) is 35.5 Å². The number of nitrogens with zero attached hydrogens (tertiary/aromatic N) is 1. The molecule has 0 saturated carbocycles. The third-order valence-electron chi connectivity index (χ3n) is 4.29. The van der Waals surface area contributed by atoms with Gasteiger partial charge in [-0.3, -0.25) is 4.79 Å². The molecule has 1 heterocycles. The van der Waals surface area contributed by atoms with E-state index in [0.717, 1.165) is 4.90 Å². The van der Waals surface area contributed by atoms with E-state index in [9.17, 15) is 9.59 Å². The minimum atomic E-state index is -0.489. The molecule has 2 aromatic carbocycles. The van der Waals surface area contributed by atoms with Crippen molar-refractivity contribution in [2.45, 2.75) is 11.3 Å². The van der Waals surface area contributed by atoms with Gasteiger partial charge in [-0.1, -0.05) is 35.3 Å². The second-order valence-electron chi connectivity index (χ2n) is 5.97. The molecule has 1 amide bonds. The van der Waals surface area contributed by atoms with E-state index in [1.807, 2.05) is 30.5 Å². The average molecular weight is 410 g/mol. The van der Waals surface area contributed by atoms with Crippen molar-refractivity contribution in [2.24, 2.45) is 5.92 Å². The van der Waals surface area contributed by atoms with Crippen LogP contribution in [0, 0.1) is 5.92 Å². The van der Waals surface area contributed by atoms with Crippen LogP contribution in [0.15, 0.2) is 47.4 Å². The van der Waals surface area contributed by atoms with E-state index < -0.39 is 6.09 Å². The number of Topliss-reactive ketones (excluding diaryl/α,β-unsaturated/α-hetero) is 1. The Bertz CT molecular complexity index is 826. The molecule has 1 saturated heterocycles. The molecule has 1 fully saturated rings. The first-order chi connectivity index (χ1) is 12.5. The van der Waals surface area contributed by atoms with Gasteiger partial charge in [-0.15, -0.1) is 11.8 Å². The number of hydrogen-bond acceptors (Lipinski definition) is 4. The molecule has 1 aliphatic rings. The highest BCUT2D eigenvalue weighted by atomic mass is 35.5. The standard InChI is InChI=1S/C19H17Cl2NO3S/c1-26-15-5-2-12(3-6-15)18(23)13-8-9-22(11-13)19(24)25-14-4-7-16(20)17(21)10-14/h2-7,10,13H,8-9,11H2,1H3. The monoisotopic (exact) mass is 409 g/mol. The number of hydrogen-bond donors (Lipinski definition) is 0. The zero-order valence-corrected chi connectivity index (χ0v) is 16.4. The maximum Gasteiger partial charge on any atom is 0.415 e. The maximum absolute atomic E-state index is 12.6. The van der Waals surface area contributed by atoms with Crippen LogP contribution in [0.1, 0.15) is 16.8 Å². The summed E-state index contributed by atoms with van der Waals surface area (Å²) in [5, 5.41) is 0.714. The van der Waals surface area contributed by atoms with Gasteiger partial charge in [0.2, 0.25) is 0 Å². The zero-order valence-electron chi connectivity index (χ0n) is 14.1. The number of ketones is 1. The molecule has 0 N–H and O–H groups in total. The molecule has 1 aliphatic heterocycles. The van der Waals surface area contributed by atoms with Gasteiger partial charge in [0.05, 0.1) is 10.0 Å². The first-order valence-electron chi connectivity index (χ1n) is 8.08. The molecule has 2 aromatic rings. The second kappa shape index (κ2) is 8.33. The number of rotatable bonds is 4. The largest absolute Gasteiger partial charge is 0.415 e. The van der Waals surface area contributed by atoms with Crippen molar-refractivity contribution in [3.63, 3.8) is 0 Å².